The Morgan fingerprint density at radius 3 is 2.58 bits per heavy atom. The van der Waals surface area contributed by atoms with Crippen molar-refractivity contribution in [3.8, 4) is 0 Å². The van der Waals surface area contributed by atoms with E-state index < -0.39 is 35.5 Å². The molecule has 1 aliphatic carbocycles. The van der Waals surface area contributed by atoms with E-state index in [4.69, 9.17) is 5.11 Å². The molecule has 0 bridgehead atoms. The van der Waals surface area contributed by atoms with Crippen LogP contribution in [0.25, 0.3) is 0 Å². The molecule has 1 N–H and O–H groups in total. The number of amides is 1. The number of benzene rings is 1. The van der Waals surface area contributed by atoms with Crippen LogP contribution in [0.5, 0.6) is 0 Å². The van der Waals surface area contributed by atoms with Gasteiger partial charge in [-0.3, -0.25) is 9.59 Å². The fourth-order valence-electron chi connectivity index (χ4n) is 3.50. The summed E-state index contributed by atoms with van der Waals surface area (Å²) >= 11 is 0. The summed E-state index contributed by atoms with van der Waals surface area (Å²) in [5.74, 6) is -2.63. The lowest BCUT2D eigenvalue weighted by Gasteiger charge is -2.31. The fourth-order valence-corrected chi connectivity index (χ4v) is 3.50. The van der Waals surface area contributed by atoms with Crippen molar-refractivity contribution in [2.75, 3.05) is 13.1 Å². The highest BCUT2D eigenvalue weighted by atomic mass is 19.4. The molecule has 2 fully saturated rings. The molecule has 4 nitrogen and oxygen atoms in total. The second-order valence-corrected chi connectivity index (χ2v) is 6.50. The zero-order valence-corrected chi connectivity index (χ0v) is 12.9. The van der Waals surface area contributed by atoms with Crippen molar-refractivity contribution in [2.45, 2.75) is 31.4 Å². The topological polar surface area (TPSA) is 57.6 Å². The third-order valence-corrected chi connectivity index (χ3v) is 4.86. The average Bonchev–Trinajstić information content (AvgIpc) is 3.34. The van der Waals surface area contributed by atoms with E-state index in [0.717, 1.165) is 6.07 Å². The third-order valence-electron chi connectivity index (χ3n) is 4.86. The molecule has 0 unspecified atom stereocenters. The molecule has 1 saturated heterocycles. The Balaban J connectivity index is 1.72. The van der Waals surface area contributed by atoms with Gasteiger partial charge in [-0.05, 0) is 36.8 Å². The summed E-state index contributed by atoms with van der Waals surface area (Å²) < 4.78 is 39.3. The lowest BCUT2D eigenvalue weighted by atomic mass is 9.97. The summed E-state index contributed by atoms with van der Waals surface area (Å²) in [7, 11) is 0. The Morgan fingerprint density at radius 2 is 1.92 bits per heavy atom. The van der Waals surface area contributed by atoms with E-state index in [0.29, 0.717) is 25.8 Å². The minimum atomic E-state index is -4.44. The van der Waals surface area contributed by atoms with Gasteiger partial charge in [0, 0.05) is 19.0 Å². The summed E-state index contributed by atoms with van der Waals surface area (Å²) in [5, 5.41) is 9.08. The minimum absolute atomic E-state index is 0.151. The zero-order valence-electron chi connectivity index (χ0n) is 12.9. The molecular weight excluding hydrogens is 323 g/mol. The summed E-state index contributed by atoms with van der Waals surface area (Å²) in [5.41, 5.74) is -0.525. The molecule has 130 valence electrons. The average molecular weight is 341 g/mol. The van der Waals surface area contributed by atoms with Crippen LogP contribution in [0, 0.1) is 11.8 Å². The summed E-state index contributed by atoms with van der Waals surface area (Å²) in [6.45, 7) is 0.630. The first-order valence-corrected chi connectivity index (χ1v) is 7.96. The SMILES string of the molecule is O=C(O)[C@@H]1CCCN(C(=O)[C@@H]2C[C@@H]2c2ccccc2C(F)(F)F)C1. The largest absolute Gasteiger partial charge is 0.481 e. The van der Waals surface area contributed by atoms with Gasteiger partial charge in [-0.25, -0.2) is 0 Å². The summed E-state index contributed by atoms with van der Waals surface area (Å²) in [6, 6.07) is 5.35. The first-order valence-electron chi connectivity index (χ1n) is 7.96. The highest BCUT2D eigenvalue weighted by molar-refractivity contribution is 5.84. The van der Waals surface area contributed by atoms with Crippen LogP contribution >= 0.6 is 0 Å². The highest BCUT2D eigenvalue weighted by Gasteiger charge is 2.49. The lowest BCUT2D eigenvalue weighted by Crippen LogP contribution is -2.43. The van der Waals surface area contributed by atoms with Crippen LogP contribution in [0.2, 0.25) is 0 Å². The van der Waals surface area contributed by atoms with Gasteiger partial charge in [0.25, 0.3) is 0 Å². The zero-order chi connectivity index (χ0) is 17.5. The maximum atomic E-state index is 13.1. The van der Waals surface area contributed by atoms with Crippen molar-refractivity contribution in [1.82, 2.24) is 4.90 Å². The standard InChI is InChI=1S/C17H18F3NO3/c18-17(19,20)14-6-2-1-5-11(14)12-8-13(12)15(22)21-7-3-4-10(9-21)16(23)24/h1-2,5-6,10,12-13H,3-4,7-9H2,(H,23,24)/t10-,12-,13-/m1/s1. The quantitative estimate of drug-likeness (QED) is 0.919. The number of halogens is 3. The molecule has 1 saturated carbocycles. The molecule has 3 rings (SSSR count). The van der Waals surface area contributed by atoms with Crippen molar-refractivity contribution in [1.29, 1.82) is 0 Å². The van der Waals surface area contributed by atoms with Crippen LogP contribution in [0.3, 0.4) is 0 Å². The minimum Gasteiger partial charge on any atom is -0.481 e. The van der Waals surface area contributed by atoms with Crippen LogP contribution in [-0.4, -0.2) is 35.0 Å². The number of aliphatic carboxylic acids is 1. The molecule has 3 atom stereocenters. The van der Waals surface area contributed by atoms with Crippen molar-refractivity contribution in [3.05, 3.63) is 35.4 Å². The highest BCUT2D eigenvalue weighted by Crippen LogP contribution is 2.51. The number of piperidine rings is 1. The van der Waals surface area contributed by atoms with Gasteiger partial charge < -0.3 is 10.0 Å². The Morgan fingerprint density at radius 1 is 1.21 bits per heavy atom. The lowest BCUT2D eigenvalue weighted by molar-refractivity contribution is -0.146. The molecule has 0 aromatic heterocycles. The number of hydrogen-bond donors (Lipinski definition) is 1. The summed E-state index contributed by atoms with van der Waals surface area (Å²) in [6.07, 6.45) is -2.91. The van der Waals surface area contributed by atoms with Crippen LogP contribution in [0.15, 0.2) is 24.3 Å². The van der Waals surface area contributed by atoms with Gasteiger partial charge in [0.1, 0.15) is 0 Å². The van der Waals surface area contributed by atoms with Crippen LogP contribution in [0.1, 0.15) is 36.3 Å². The van der Waals surface area contributed by atoms with Crippen LogP contribution in [0.4, 0.5) is 13.2 Å². The first-order chi connectivity index (χ1) is 11.3. The van der Waals surface area contributed by atoms with Crippen molar-refractivity contribution >= 4 is 11.9 Å². The second-order valence-electron chi connectivity index (χ2n) is 6.50. The van der Waals surface area contributed by atoms with Gasteiger partial charge in [0.05, 0.1) is 11.5 Å². The molecule has 1 heterocycles. The fraction of sp³-hybridized carbons (Fsp3) is 0.529. The van der Waals surface area contributed by atoms with Crippen LogP contribution < -0.4 is 0 Å². The number of rotatable bonds is 3. The van der Waals surface area contributed by atoms with E-state index in [-0.39, 0.29) is 18.0 Å². The van der Waals surface area contributed by atoms with E-state index in [1.54, 1.807) is 6.07 Å². The molecule has 0 radical (unpaired) electrons. The van der Waals surface area contributed by atoms with Gasteiger partial charge in [0.2, 0.25) is 5.91 Å². The maximum Gasteiger partial charge on any atom is 0.416 e. The first kappa shape index (κ1) is 16.8. The predicted octanol–water partition coefficient (Wildman–Crippen LogP) is 3.13. The van der Waals surface area contributed by atoms with Crippen molar-refractivity contribution in [2.24, 2.45) is 11.8 Å². The van der Waals surface area contributed by atoms with E-state index >= 15 is 0 Å². The van der Waals surface area contributed by atoms with Crippen LogP contribution in [-0.2, 0) is 15.8 Å². The molecular formula is C17H18F3NO3. The smallest absolute Gasteiger partial charge is 0.416 e. The Hall–Kier alpha value is -2.05. The molecule has 24 heavy (non-hydrogen) atoms. The maximum absolute atomic E-state index is 13.1. The number of nitrogens with zero attached hydrogens (tertiary/aromatic N) is 1. The third kappa shape index (κ3) is 3.25. The number of alkyl halides is 3. The Bertz CT molecular complexity index is 659. The van der Waals surface area contributed by atoms with E-state index in [1.165, 1.54) is 17.0 Å². The van der Waals surface area contributed by atoms with E-state index in [2.05, 4.69) is 0 Å². The van der Waals surface area contributed by atoms with Gasteiger partial charge in [0.15, 0.2) is 0 Å². The number of hydrogen-bond acceptors (Lipinski definition) is 2. The molecule has 0 spiro atoms. The molecule has 7 heteroatoms. The number of carboxylic acid groups (broad SMARTS) is 1. The monoisotopic (exact) mass is 341 g/mol. The number of carboxylic acids is 1. The Labute approximate surface area is 137 Å². The molecule has 1 aromatic rings. The van der Waals surface area contributed by atoms with Gasteiger partial charge in [-0.2, -0.15) is 13.2 Å². The second kappa shape index (κ2) is 6.11. The van der Waals surface area contributed by atoms with Crippen molar-refractivity contribution < 1.29 is 27.9 Å². The molecule has 1 aliphatic heterocycles. The van der Waals surface area contributed by atoms with Gasteiger partial charge >= 0.3 is 12.1 Å². The van der Waals surface area contributed by atoms with E-state index in [9.17, 15) is 22.8 Å². The predicted molar refractivity (Wildman–Crippen MR) is 79.2 cm³/mol. The number of carbonyl (C=O) groups excluding carboxylic acids is 1. The normalized spacial score (nSPS) is 27.0. The van der Waals surface area contributed by atoms with Gasteiger partial charge in [-0.15, -0.1) is 0 Å². The van der Waals surface area contributed by atoms with Gasteiger partial charge in [-0.1, -0.05) is 18.2 Å². The van der Waals surface area contributed by atoms with Crippen molar-refractivity contribution in [3.63, 3.8) is 0 Å². The Kier molecular flexibility index (Phi) is 4.27. The molecule has 1 amide bonds. The number of likely N-dealkylation sites (tertiary alicyclic amines) is 1. The molecule has 2 aliphatic rings. The molecule has 1 aromatic carbocycles. The van der Waals surface area contributed by atoms with E-state index in [1.807, 2.05) is 0 Å². The number of carbonyl (C=O) groups is 2. The summed E-state index contributed by atoms with van der Waals surface area (Å²) in [4.78, 5) is 25.1.